The molecule has 0 spiro atoms. The first-order chi connectivity index (χ1) is 27.3. The highest BCUT2D eigenvalue weighted by Crippen LogP contribution is 2.56. The second-order valence-electron chi connectivity index (χ2n) is 17.1. The molecular formula is C54H40O2. The molecule has 12 rings (SSSR count). The molecule has 0 bridgehead atoms. The van der Waals surface area contributed by atoms with E-state index in [2.05, 4.69) is 185 Å². The van der Waals surface area contributed by atoms with E-state index in [-0.39, 0.29) is 22.9 Å². The highest BCUT2D eigenvalue weighted by molar-refractivity contribution is 6.15. The maximum Gasteiger partial charge on any atom is 0.147 e. The predicted octanol–water partition coefficient (Wildman–Crippen LogP) is 14.0. The van der Waals surface area contributed by atoms with E-state index in [1.807, 2.05) is 0 Å². The zero-order chi connectivity index (χ0) is 37.5. The molecule has 3 aliphatic carbocycles. The fraction of sp³-hybridized carbons (Fsp3) is 0.148. The summed E-state index contributed by atoms with van der Waals surface area (Å²) in [7, 11) is 0. The Balaban J connectivity index is 1.00. The van der Waals surface area contributed by atoms with Crippen LogP contribution in [0.25, 0.3) is 72.0 Å². The largest absolute Gasteiger partial charge is 0.484 e. The molecule has 0 N–H and O–H groups in total. The van der Waals surface area contributed by atoms with E-state index in [1.54, 1.807) is 0 Å². The van der Waals surface area contributed by atoms with Gasteiger partial charge in [0.05, 0.1) is 5.56 Å². The van der Waals surface area contributed by atoms with Crippen LogP contribution in [0.1, 0.15) is 67.0 Å². The molecule has 56 heavy (non-hydrogen) atoms. The van der Waals surface area contributed by atoms with Gasteiger partial charge in [0.25, 0.3) is 0 Å². The third-order valence-corrected chi connectivity index (χ3v) is 13.5. The zero-order valence-corrected chi connectivity index (χ0v) is 32.0. The van der Waals surface area contributed by atoms with Gasteiger partial charge < -0.3 is 9.15 Å². The smallest absolute Gasteiger partial charge is 0.147 e. The second-order valence-corrected chi connectivity index (χ2v) is 17.1. The van der Waals surface area contributed by atoms with E-state index < -0.39 is 0 Å². The maximum atomic E-state index is 7.24. The normalized spacial score (nSPS) is 18.8. The molecule has 8 aromatic rings. The van der Waals surface area contributed by atoms with E-state index in [4.69, 9.17) is 9.15 Å². The molecule has 0 saturated carbocycles. The van der Waals surface area contributed by atoms with Crippen LogP contribution >= 0.6 is 0 Å². The molecule has 1 aromatic heterocycles. The number of benzene rings is 7. The lowest BCUT2D eigenvalue weighted by Gasteiger charge is -2.25. The predicted molar refractivity (Wildman–Crippen MR) is 230 cm³/mol. The molecule has 2 heteroatoms. The topological polar surface area (TPSA) is 22.4 Å². The van der Waals surface area contributed by atoms with Crippen LogP contribution < -0.4 is 4.74 Å². The van der Waals surface area contributed by atoms with E-state index in [0.717, 1.165) is 44.4 Å². The van der Waals surface area contributed by atoms with Crippen LogP contribution in [0, 0.1) is 0 Å². The van der Waals surface area contributed by atoms with E-state index in [9.17, 15) is 0 Å². The lowest BCUT2D eigenvalue weighted by atomic mass is 9.79. The number of allylic oxidation sites excluding steroid dienone is 2. The minimum atomic E-state index is -0.144. The molecule has 0 amide bonds. The van der Waals surface area contributed by atoms with Crippen LogP contribution in [0.3, 0.4) is 0 Å². The van der Waals surface area contributed by atoms with Crippen molar-refractivity contribution in [2.75, 3.05) is 0 Å². The minimum absolute atomic E-state index is 0.0717. The van der Waals surface area contributed by atoms with Crippen molar-refractivity contribution < 1.29 is 9.15 Å². The Labute approximate surface area is 327 Å². The van der Waals surface area contributed by atoms with Gasteiger partial charge in [0.2, 0.25) is 0 Å². The lowest BCUT2D eigenvalue weighted by Crippen LogP contribution is -2.22. The van der Waals surface area contributed by atoms with Gasteiger partial charge in [-0.15, -0.1) is 0 Å². The van der Waals surface area contributed by atoms with E-state index >= 15 is 0 Å². The number of para-hydroxylation sites is 1. The molecule has 268 valence electrons. The van der Waals surface area contributed by atoms with Crippen LogP contribution in [0.15, 0.2) is 162 Å². The van der Waals surface area contributed by atoms with Crippen LogP contribution in [0.5, 0.6) is 5.75 Å². The lowest BCUT2D eigenvalue weighted by molar-refractivity contribution is 0.279. The van der Waals surface area contributed by atoms with Crippen molar-refractivity contribution >= 4 is 27.5 Å². The Hall–Kier alpha value is -6.38. The molecule has 0 fully saturated rings. The van der Waals surface area contributed by atoms with Crippen molar-refractivity contribution in [3.05, 3.63) is 191 Å². The Bertz CT molecular complexity index is 3060. The number of fused-ring (bicyclic) bond motifs is 12. The number of furan rings is 1. The Morgan fingerprint density at radius 3 is 1.80 bits per heavy atom. The van der Waals surface area contributed by atoms with Crippen LogP contribution in [0.4, 0.5) is 0 Å². The summed E-state index contributed by atoms with van der Waals surface area (Å²) in [5, 5.41) is 2.25. The SMILES string of the molecule is CC1(C)c2ccccc2-c2ccc(C3=CC=CC4c5cc6c(oc7c(-c8ccc9c(c8)C(C)(C)c8ccccc8-9)cccc76)c(-c6ccccc6)c5OC34)cc21. The number of hydrogen-bond acceptors (Lipinski definition) is 2. The molecule has 2 unspecified atom stereocenters. The van der Waals surface area contributed by atoms with Crippen molar-refractivity contribution in [1.29, 1.82) is 0 Å². The highest BCUT2D eigenvalue weighted by atomic mass is 16.5. The van der Waals surface area contributed by atoms with Gasteiger partial charge in [0, 0.05) is 44.2 Å². The molecule has 2 atom stereocenters. The van der Waals surface area contributed by atoms with Crippen molar-refractivity contribution in [3.8, 4) is 50.3 Å². The van der Waals surface area contributed by atoms with Gasteiger partial charge in [-0.1, -0.05) is 167 Å². The summed E-state index contributed by atoms with van der Waals surface area (Å²) < 4.78 is 14.4. The summed E-state index contributed by atoms with van der Waals surface area (Å²) in [6, 6.07) is 51.3. The van der Waals surface area contributed by atoms with E-state index in [1.165, 1.54) is 66.8 Å². The average Bonchev–Trinajstić information content (AvgIpc) is 3.93. The van der Waals surface area contributed by atoms with Gasteiger partial charge in [0.1, 0.15) is 23.0 Å². The monoisotopic (exact) mass is 720 g/mol. The summed E-state index contributed by atoms with van der Waals surface area (Å²) in [5.74, 6) is 0.992. The fourth-order valence-electron chi connectivity index (χ4n) is 10.6. The van der Waals surface area contributed by atoms with Crippen LogP contribution in [0.2, 0.25) is 0 Å². The molecule has 0 saturated heterocycles. The molecular weight excluding hydrogens is 681 g/mol. The molecule has 4 aliphatic rings. The highest BCUT2D eigenvalue weighted by Gasteiger charge is 2.42. The first kappa shape index (κ1) is 31.9. The standard InChI is InChI=1S/C54H40O2/c1-53(2)44-22-10-8-16-36(44)38-26-24-32(28-46(38)53)34-18-12-20-40-42-30-43-41-21-13-19-35(33-25-27-39-37-17-9-11-23-45(37)54(3,4)47(39)29-33)50(41)56-52(43)48(51(42)55-49(34)40)31-14-6-5-7-15-31/h5-30,40,49H,1-4H3. The van der Waals surface area contributed by atoms with Crippen LogP contribution in [-0.2, 0) is 10.8 Å². The Morgan fingerprint density at radius 1 is 0.482 bits per heavy atom. The van der Waals surface area contributed by atoms with Gasteiger partial charge in [-0.05, 0) is 79.4 Å². The summed E-state index contributed by atoms with van der Waals surface area (Å²) in [5.41, 5.74) is 20.5. The van der Waals surface area contributed by atoms with Crippen molar-refractivity contribution in [1.82, 2.24) is 0 Å². The molecule has 2 nitrogen and oxygen atoms in total. The summed E-state index contributed by atoms with van der Waals surface area (Å²) in [4.78, 5) is 0. The van der Waals surface area contributed by atoms with Gasteiger partial charge in [-0.25, -0.2) is 0 Å². The fourth-order valence-corrected chi connectivity index (χ4v) is 10.6. The molecule has 1 aliphatic heterocycles. The van der Waals surface area contributed by atoms with Crippen LogP contribution in [-0.4, -0.2) is 6.10 Å². The molecule has 0 radical (unpaired) electrons. The Kier molecular flexibility index (Phi) is 6.33. The first-order valence-electron chi connectivity index (χ1n) is 19.9. The Morgan fingerprint density at radius 2 is 1.09 bits per heavy atom. The third-order valence-electron chi connectivity index (χ3n) is 13.5. The van der Waals surface area contributed by atoms with E-state index in [0.29, 0.717) is 0 Å². The second kappa shape index (κ2) is 11.1. The average molecular weight is 721 g/mol. The van der Waals surface area contributed by atoms with Gasteiger partial charge in [-0.3, -0.25) is 0 Å². The zero-order valence-electron chi connectivity index (χ0n) is 32.0. The summed E-state index contributed by atoms with van der Waals surface area (Å²) >= 11 is 0. The first-order valence-corrected chi connectivity index (χ1v) is 19.9. The van der Waals surface area contributed by atoms with Crippen molar-refractivity contribution in [3.63, 3.8) is 0 Å². The summed E-state index contributed by atoms with van der Waals surface area (Å²) in [6.07, 6.45) is 6.67. The number of ether oxygens (including phenoxy) is 1. The minimum Gasteiger partial charge on any atom is -0.484 e. The van der Waals surface area contributed by atoms with Gasteiger partial charge in [0.15, 0.2) is 0 Å². The van der Waals surface area contributed by atoms with Crippen molar-refractivity contribution in [2.45, 2.75) is 50.5 Å². The van der Waals surface area contributed by atoms with Crippen molar-refractivity contribution in [2.24, 2.45) is 0 Å². The summed E-state index contributed by atoms with van der Waals surface area (Å²) in [6.45, 7) is 9.38. The van der Waals surface area contributed by atoms with Gasteiger partial charge >= 0.3 is 0 Å². The maximum absolute atomic E-state index is 7.24. The number of rotatable bonds is 3. The number of hydrogen-bond donors (Lipinski definition) is 0. The quantitative estimate of drug-likeness (QED) is 0.181. The molecule has 2 heterocycles. The molecule has 7 aromatic carbocycles. The van der Waals surface area contributed by atoms with Gasteiger partial charge in [-0.2, -0.15) is 0 Å². The third kappa shape index (κ3) is 4.17.